The zero-order valence-corrected chi connectivity index (χ0v) is 23.8. The summed E-state index contributed by atoms with van der Waals surface area (Å²) in [5, 5.41) is 2.46. The molecule has 1 aromatic carbocycles. The number of rotatable bonds is 19. The molecule has 2 heterocycles. The molecule has 0 saturated heterocycles. The minimum atomic E-state index is -2.36. The molecular weight excluding hydrogens is 464 g/mol. The smallest absolute Gasteiger partial charge is 0.377 e. The molecule has 0 saturated carbocycles. The summed E-state index contributed by atoms with van der Waals surface area (Å²) >= 11 is 0. The van der Waals surface area contributed by atoms with Crippen molar-refractivity contribution >= 4 is 30.6 Å². The first-order valence-electron chi connectivity index (χ1n) is 14.0. The van der Waals surface area contributed by atoms with E-state index in [2.05, 4.69) is 28.2 Å². The van der Waals surface area contributed by atoms with Gasteiger partial charge in [-0.25, -0.2) is 0 Å². The van der Waals surface area contributed by atoms with Crippen LogP contribution in [0.2, 0.25) is 6.04 Å². The van der Waals surface area contributed by atoms with Crippen LogP contribution >= 0.6 is 0 Å². The van der Waals surface area contributed by atoms with Gasteiger partial charge in [0.1, 0.15) is 0 Å². The number of hydrogen-bond donors (Lipinski definition) is 0. The number of aromatic nitrogens is 2. The fourth-order valence-corrected chi connectivity index (χ4v) is 7.01. The molecule has 0 amide bonds. The molecule has 0 fully saturated rings. The Bertz CT molecular complexity index is 1020. The summed E-state index contributed by atoms with van der Waals surface area (Å²) in [5.41, 5.74) is 3.47. The molecule has 36 heavy (non-hydrogen) atoms. The Labute approximate surface area is 219 Å². The Balaban J connectivity index is 1.20. The second kappa shape index (κ2) is 16.1. The number of aryl methyl sites for hydroxylation is 1. The van der Waals surface area contributed by atoms with Crippen LogP contribution in [-0.2, 0) is 19.7 Å². The summed E-state index contributed by atoms with van der Waals surface area (Å²) in [5.74, 6) is 0. The lowest BCUT2D eigenvalue weighted by atomic mass is 9.98. The second-order valence-corrected chi connectivity index (χ2v) is 13.0. The highest BCUT2D eigenvalue weighted by Gasteiger charge is 2.36. The van der Waals surface area contributed by atoms with Crippen molar-refractivity contribution in [2.45, 2.75) is 95.9 Å². The topological polar surface area (TPSA) is 53.5 Å². The minimum Gasteiger partial charge on any atom is -0.377 e. The largest absolute Gasteiger partial charge is 0.500 e. The van der Waals surface area contributed by atoms with E-state index in [4.69, 9.17) is 13.3 Å². The van der Waals surface area contributed by atoms with Gasteiger partial charge in [0.25, 0.3) is 0 Å². The summed E-state index contributed by atoms with van der Waals surface area (Å²) in [6.07, 6.45) is 22.1. The van der Waals surface area contributed by atoms with Crippen LogP contribution in [0.1, 0.15) is 89.0 Å². The highest BCUT2D eigenvalue weighted by Crippen LogP contribution is 2.27. The van der Waals surface area contributed by atoms with E-state index in [1.54, 1.807) is 21.3 Å². The van der Waals surface area contributed by atoms with Gasteiger partial charge in [-0.3, -0.25) is 9.97 Å². The third-order valence-corrected chi connectivity index (χ3v) is 10.2. The Morgan fingerprint density at radius 1 is 0.611 bits per heavy atom. The predicted octanol–water partition coefficient (Wildman–Crippen LogP) is 8.27. The maximum Gasteiger partial charge on any atom is 0.500 e. The van der Waals surface area contributed by atoms with E-state index in [9.17, 15) is 0 Å². The molecule has 3 rings (SSSR count). The molecule has 198 valence electrons. The molecule has 6 heteroatoms. The number of benzene rings is 1. The monoisotopic (exact) mass is 510 g/mol. The number of nitrogens with zero attached hydrogens (tertiary/aromatic N) is 2. The Kier molecular flexibility index (Phi) is 12.8. The minimum absolute atomic E-state index is 0.921. The van der Waals surface area contributed by atoms with Gasteiger partial charge in [0.05, 0.1) is 11.0 Å². The number of hydrogen-bond acceptors (Lipinski definition) is 5. The lowest BCUT2D eigenvalue weighted by molar-refractivity contribution is 0.122. The third-order valence-electron chi connectivity index (χ3n) is 7.41. The van der Waals surface area contributed by atoms with Crippen molar-refractivity contribution in [1.29, 1.82) is 0 Å². The Morgan fingerprint density at radius 3 is 1.69 bits per heavy atom. The van der Waals surface area contributed by atoms with Gasteiger partial charge in [-0.1, -0.05) is 82.8 Å². The van der Waals surface area contributed by atoms with E-state index < -0.39 is 8.80 Å². The molecule has 0 aliphatic rings. The summed E-state index contributed by atoms with van der Waals surface area (Å²) in [6.45, 7) is 0. The lowest BCUT2D eigenvalue weighted by Crippen LogP contribution is -2.42. The van der Waals surface area contributed by atoms with Crippen molar-refractivity contribution in [3.63, 3.8) is 0 Å². The molecule has 0 aliphatic carbocycles. The third kappa shape index (κ3) is 8.62. The van der Waals surface area contributed by atoms with E-state index >= 15 is 0 Å². The molecular formula is C30H46N2O3Si. The van der Waals surface area contributed by atoms with Gasteiger partial charge in [0, 0.05) is 50.5 Å². The van der Waals surface area contributed by atoms with Crippen LogP contribution in [-0.4, -0.2) is 40.1 Å². The SMILES string of the molecule is CO[Si](CCCCCCCCCCCCCCCc1cc2cccnc2c2ncccc12)(OC)OC. The van der Waals surface area contributed by atoms with Crippen molar-refractivity contribution in [2.24, 2.45) is 0 Å². The molecule has 3 aromatic rings. The molecule has 0 N–H and O–H groups in total. The first kappa shape index (κ1) is 28.7. The summed E-state index contributed by atoms with van der Waals surface area (Å²) < 4.78 is 16.5. The molecule has 0 aliphatic heterocycles. The van der Waals surface area contributed by atoms with Crippen LogP contribution < -0.4 is 0 Å². The van der Waals surface area contributed by atoms with Crippen LogP contribution in [0.15, 0.2) is 42.7 Å². The average molecular weight is 511 g/mol. The molecule has 0 bridgehead atoms. The number of pyridine rings is 2. The van der Waals surface area contributed by atoms with Gasteiger partial charge in [0.2, 0.25) is 0 Å². The van der Waals surface area contributed by atoms with Crippen molar-refractivity contribution in [1.82, 2.24) is 9.97 Å². The average Bonchev–Trinajstić information content (AvgIpc) is 2.93. The molecule has 0 spiro atoms. The van der Waals surface area contributed by atoms with Crippen molar-refractivity contribution < 1.29 is 13.3 Å². The zero-order valence-electron chi connectivity index (χ0n) is 22.8. The number of unbranched alkanes of at least 4 members (excludes halogenated alkanes) is 12. The maximum absolute atomic E-state index is 5.49. The van der Waals surface area contributed by atoms with Crippen molar-refractivity contribution in [3.8, 4) is 0 Å². The second-order valence-electron chi connectivity index (χ2n) is 9.90. The van der Waals surface area contributed by atoms with E-state index in [1.807, 2.05) is 24.5 Å². The summed E-state index contributed by atoms with van der Waals surface area (Å²) in [4.78, 5) is 9.20. The highest BCUT2D eigenvalue weighted by atomic mass is 28.4. The molecule has 0 radical (unpaired) electrons. The van der Waals surface area contributed by atoms with Crippen molar-refractivity contribution in [3.05, 3.63) is 48.3 Å². The Morgan fingerprint density at radius 2 is 1.11 bits per heavy atom. The van der Waals surface area contributed by atoms with Crippen LogP contribution in [0, 0.1) is 0 Å². The summed E-state index contributed by atoms with van der Waals surface area (Å²) in [7, 11) is 2.73. The van der Waals surface area contributed by atoms with Gasteiger partial charge in [-0.05, 0) is 43.0 Å². The van der Waals surface area contributed by atoms with E-state index in [1.165, 1.54) is 93.4 Å². The Hall–Kier alpha value is -1.86. The van der Waals surface area contributed by atoms with Gasteiger partial charge in [0.15, 0.2) is 0 Å². The van der Waals surface area contributed by atoms with Gasteiger partial charge in [-0.15, -0.1) is 0 Å². The van der Waals surface area contributed by atoms with Gasteiger partial charge < -0.3 is 13.3 Å². The van der Waals surface area contributed by atoms with E-state index in [0.29, 0.717) is 0 Å². The normalized spacial score (nSPS) is 12.1. The predicted molar refractivity (Wildman–Crippen MR) is 152 cm³/mol. The number of fused-ring (bicyclic) bond motifs is 3. The molecule has 0 atom stereocenters. The van der Waals surface area contributed by atoms with Crippen molar-refractivity contribution in [2.75, 3.05) is 21.3 Å². The van der Waals surface area contributed by atoms with Crippen LogP contribution in [0.3, 0.4) is 0 Å². The molecule has 2 aromatic heterocycles. The highest BCUT2D eigenvalue weighted by molar-refractivity contribution is 6.60. The molecule has 0 unspecified atom stereocenters. The van der Waals surface area contributed by atoms with Crippen LogP contribution in [0.5, 0.6) is 0 Å². The maximum atomic E-state index is 5.49. The first-order valence-corrected chi connectivity index (χ1v) is 15.9. The molecule has 5 nitrogen and oxygen atoms in total. The quantitative estimate of drug-likeness (QED) is 0.0922. The zero-order chi connectivity index (χ0) is 25.5. The fourth-order valence-electron chi connectivity index (χ4n) is 5.22. The summed E-state index contributed by atoms with van der Waals surface area (Å²) in [6, 6.07) is 11.6. The standard InChI is InChI=1S/C30H46N2O3Si/c1-33-36(34-2,35-3)24-16-14-12-10-8-6-4-5-7-9-11-13-15-19-26-25-27-20-17-22-31-29(27)30-28(26)21-18-23-32-30/h17-18,20-23,25H,4-16,19,24H2,1-3H3. The fraction of sp³-hybridized carbons (Fsp3) is 0.600. The lowest BCUT2D eigenvalue weighted by Gasteiger charge is -2.24. The van der Waals surface area contributed by atoms with E-state index in [-0.39, 0.29) is 0 Å². The van der Waals surface area contributed by atoms with Gasteiger partial charge >= 0.3 is 8.80 Å². The van der Waals surface area contributed by atoms with Crippen LogP contribution in [0.25, 0.3) is 21.8 Å². The van der Waals surface area contributed by atoms with Crippen LogP contribution in [0.4, 0.5) is 0 Å². The van der Waals surface area contributed by atoms with E-state index in [0.717, 1.165) is 29.9 Å². The first-order chi connectivity index (χ1) is 17.7. The van der Waals surface area contributed by atoms with Gasteiger partial charge in [-0.2, -0.15) is 0 Å².